The third-order valence-corrected chi connectivity index (χ3v) is 3.29. The van der Waals surface area contributed by atoms with Crippen LogP contribution in [0.1, 0.15) is 5.69 Å². The molecular formula is C9H16N4O2S. The van der Waals surface area contributed by atoms with E-state index in [1.54, 1.807) is 19.6 Å². The number of hydrogen-bond acceptors (Lipinski definition) is 7. The number of nitrogens with zero attached hydrogens (tertiary/aromatic N) is 1. The van der Waals surface area contributed by atoms with E-state index in [2.05, 4.69) is 20.9 Å². The highest BCUT2D eigenvalue weighted by Gasteiger charge is 2.51. The highest BCUT2D eigenvalue weighted by Crippen LogP contribution is 2.33. The van der Waals surface area contributed by atoms with Crippen molar-refractivity contribution >= 4 is 11.3 Å². The summed E-state index contributed by atoms with van der Waals surface area (Å²) in [5, 5.41) is 11.0. The molecule has 6 nitrogen and oxygen atoms in total. The van der Waals surface area contributed by atoms with Gasteiger partial charge in [-0.15, -0.1) is 11.3 Å². The van der Waals surface area contributed by atoms with Crippen molar-refractivity contribution in [3.63, 3.8) is 0 Å². The second-order valence-electron chi connectivity index (χ2n) is 3.46. The van der Waals surface area contributed by atoms with Crippen molar-refractivity contribution in [3.8, 4) is 0 Å². The lowest BCUT2D eigenvalue weighted by atomic mass is 10.2. The average Bonchev–Trinajstić information content (AvgIpc) is 2.98. The van der Waals surface area contributed by atoms with Gasteiger partial charge in [-0.2, -0.15) is 0 Å². The third kappa shape index (κ3) is 1.75. The Bertz CT molecular complexity index is 341. The molecular weight excluding hydrogens is 228 g/mol. The smallest absolute Gasteiger partial charge is 0.293 e. The molecule has 0 saturated carbocycles. The molecule has 0 aliphatic carbocycles. The fourth-order valence-electron chi connectivity index (χ4n) is 1.67. The molecule has 2 rings (SSSR count). The van der Waals surface area contributed by atoms with Crippen LogP contribution in [0.5, 0.6) is 0 Å². The van der Waals surface area contributed by atoms with Crippen molar-refractivity contribution in [3.05, 3.63) is 16.6 Å². The van der Waals surface area contributed by atoms with Crippen LogP contribution in [-0.2, 0) is 15.2 Å². The van der Waals surface area contributed by atoms with Crippen LogP contribution in [0.15, 0.2) is 10.9 Å². The van der Waals surface area contributed by atoms with Gasteiger partial charge in [-0.1, -0.05) is 0 Å². The minimum atomic E-state index is -0.966. The number of rotatable bonds is 4. The minimum absolute atomic E-state index is 0.384. The Labute approximate surface area is 98.4 Å². The molecule has 1 fully saturated rings. The van der Waals surface area contributed by atoms with E-state index in [1.165, 1.54) is 11.3 Å². The molecule has 1 atom stereocenters. The quantitative estimate of drug-likeness (QED) is 0.627. The monoisotopic (exact) mass is 244 g/mol. The van der Waals surface area contributed by atoms with Crippen molar-refractivity contribution < 1.29 is 9.47 Å². The molecule has 0 aromatic carbocycles. The van der Waals surface area contributed by atoms with E-state index >= 15 is 0 Å². The predicted molar refractivity (Wildman–Crippen MR) is 60.7 cm³/mol. The summed E-state index contributed by atoms with van der Waals surface area (Å²) in [4.78, 5) is 4.27. The molecule has 1 aromatic heterocycles. The van der Waals surface area contributed by atoms with E-state index in [0.717, 1.165) is 5.69 Å². The Morgan fingerprint density at radius 1 is 1.31 bits per heavy atom. The summed E-state index contributed by atoms with van der Waals surface area (Å²) in [7, 11) is 5.36. The van der Waals surface area contributed by atoms with Gasteiger partial charge in [-0.3, -0.25) is 20.7 Å². The Kier molecular flexibility index (Phi) is 3.24. The van der Waals surface area contributed by atoms with Gasteiger partial charge in [0.05, 0.1) is 5.51 Å². The fourth-order valence-corrected chi connectivity index (χ4v) is 2.28. The van der Waals surface area contributed by atoms with Crippen LogP contribution in [0.25, 0.3) is 0 Å². The molecule has 1 aliphatic rings. The topological polar surface area (TPSA) is 67.4 Å². The summed E-state index contributed by atoms with van der Waals surface area (Å²) in [5.41, 5.74) is 1.90. The second kappa shape index (κ2) is 4.36. The van der Waals surface area contributed by atoms with Crippen molar-refractivity contribution in [1.82, 2.24) is 20.9 Å². The molecule has 2 heterocycles. The Hall–Kier alpha value is -0.570. The SMILES string of the molecule is CNC1(NC)OCC(NC)(c2cscn2)O1. The maximum atomic E-state index is 5.92. The zero-order valence-electron chi connectivity index (χ0n) is 9.53. The number of aromatic nitrogens is 1. The number of nitrogens with one attached hydrogen (secondary N) is 3. The second-order valence-corrected chi connectivity index (χ2v) is 4.18. The normalized spacial score (nSPS) is 28.4. The molecule has 1 aromatic rings. The summed E-state index contributed by atoms with van der Waals surface area (Å²) in [6.07, 6.45) is 0. The molecule has 1 aliphatic heterocycles. The molecule has 0 spiro atoms. The zero-order chi connectivity index (χ0) is 11.6. The summed E-state index contributed by atoms with van der Waals surface area (Å²) in [5.74, 6) is 0. The number of thiazole rings is 1. The molecule has 16 heavy (non-hydrogen) atoms. The van der Waals surface area contributed by atoms with Crippen molar-refractivity contribution in [2.24, 2.45) is 0 Å². The molecule has 0 bridgehead atoms. The van der Waals surface area contributed by atoms with E-state index in [-0.39, 0.29) is 0 Å². The average molecular weight is 244 g/mol. The molecule has 1 unspecified atom stereocenters. The molecule has 1 saturated heterocycles. The van der Waals surface area contributed by atoms with Gasteiger partial charge in [0.1, 0.15) is 12.3 Å². The highest BCUT2D eigenvalue weighted by atomic mass is 32.1. The summed E-state index contributed by atoms with van der Waals surface area (Å²) < 4.78 is 11.5. The van der Waals surface area contributed by atoms with Crippen LogP contribution in [0.4, 0.5) is 0 Å². The van der Waals surface area contributed by atoms with Gasteiger partial charge in [-0.05, 0) is 21.1 Å². The first-order valence-electron chi connectivity index (χ1n) is 5.00. The van der Waals surface area contributed by atoms with Gasteiger partial charge in [0.2, 0.25) is 0 Å². The lowest BCUT2D eigenvalue weighted by Gasteiger charge is -2.30. The van der Waals surface area contributed by atoms with Gasteiger partial charge in [0.15, 0.2) is 5.72 Å². The number of likely N-dealkylation sites (N-methyl/N-ethyl adjacent to an activating group) is 1. The van der Waals surface area contributed by atoms with Crippen LogP contribution >= 0.6 is 11.3 Å². The largest absolute Gasteiger partial charge is 0.320 e. The highest BCUT2D eigenvalue weighted by molar-refractivity contribution is 7.07. The lowest BCUT2D eigenvalue weighted by Crippen LogP contribution is -2.57. The molecule has 7 heteroatoms. The summed E-state index contributed by atoms with van der Waals surface area (Å²) in [6.45, 7) is 0.384. The molecule has 90 valence electrons. The Morgan fingerprint density at radius 2 is 2.06 bits per heavy atom. The van der Waals surface area contributed by atoms with Crippen LogP contribution in [0.3, 0.4) is 0 Å². The maximum absolute atomic E-state index is 5.92. The Balaban J connectivity index is 2.27. The summed E-state index contributed by atoms with van der Waals surface area (Å²) in [6, 6.07) is -0.966. The van der Waals surface area contributed by atoms with Crippen LogP contribution in [-0.4, -0.2) is 38.8 Å². The first-order chi connectivity index (χ1) is 7.70. The van der Waals surface area contributed by atoms with Gasteiger partial charge in [0.25, 0.3) is 6.03 Å². The molecule has 3 N–H and O–H groups in total. The molecule has 0 radical (unpaired) electrons. The van der Waals surface area contributed by atoms with Gasteiger partial charge in [-0.25, -0.2) is 4.98 Å². The van der Waals surface area contributed by atoms with Crippen molar-refractivity contribution in [2.45, 2.75) is 11.8 Å². The van der Waals surface area contributed by atoms with Crippen molar-refractivity contribution in [2.75, 3.05) is 27.7 Å². The standard InChI is InChI=1S/C9H16N4O2S/c1-10-8(7-4-16-6-13-7)5-14-9(11-2,12-3)15-8/h4,6,10-12H,5H2,1-3H3. The maximum Gasteiger partial charge on any atom is 0.293 e. The fraction of sp³-hybridized carbons (Fsp3) is 0.667. The third-order valence-electron chi connectivity index (χ3n) is 2.70. The van der Waals surface area contributed by atoms with Gasteiger partial charge in [0, 0.05) is 5.38 Å². The van der Waals surface area contributed by atoms with E-state index in [1.807, 2.05) is 12.4 Å². The van der Waals surface area contributed by atoms with Crippen LogP contribution in [0, 0.1) is 0 Å². The lowest BCUT2D eigenvalue weighted by molar-refractivity contribution is -0.230. The Morgan fingerprint density at radius 3 is 2.50 bits per heavy atom. The molecule has 0 amide bonds. The summed E-state index contributed by atoms with van der Waals surface area (Å²) >= 11 is 1.53. The van der Waals surface area contributed by atoms with Gasteiger partial charge >= 0.3 is 0 Å². The van der Waals surface area contributed by atoms with E-state index in [4.69, 9.17) is 9.47 Å². The minimum Gasteiger partial charge on any atom is -0.320 e. The van der Waals surface area contributed by atoms with Gasteiger partial charge < -0.3 is 4.74 Å². The van der Waals surface area contributed by atoms with E-state index in [9.17, 15) is 0 Å². The first-order valence-corrected chi connectivity index (χ1v) is 5.94. The van der Waals surface area contributed by atoms with Crippen LogP contribution in [0.2, 0.25) is 0 Å². The predicted octanol–water partition coefficient (Wildman–Crippen LogP) is -0.388. The van der Waals surface area contributed by atoms with E-state index < -0.39 is 11.8 Å². The zero-order valence-corrected chi connectivity index (χ0v) is 10.4. The first kappa shape index (κ1) is 11.9. The van der Waals surface area contributed by atoms with Crippen LogP contribution < -0.4 is 16.0 Å². The number of hydrogen-bond donors (Lipinski definition) is 3. The van der Waals surface area contributed by atoms with Crippen molar-refractivity contribution in [1.29, 1.82) is 0 Å². The number of ether oxygens (including phenoxy) is 2. The van der Waals surface area contributed by atoms with E-state index in [0.29, 0.717) is 6.61 Å².